The summed E-state index contributed by atoms with van der Waals surface area (Å²) in [7, 11) is 1.42. The number of nitriles is 1. The van der Waals surface area contributed by atoms with E-state index in [2.05, 4.69) is 5.32 Å². The zero-order valence-corrected chi connectivity index (χ0v) is 17.1. The highest BCUT2D eigenvalue weighted by atomic mass is 32.2. The fourth-order valence-corrected chi connectivity index (χ4v) is 4.36. The van der Waals surface area contributed by atoms with Gasteiger partial charge >= 0.3 is 0 Å². The van der Waals surface area contributed by atoms with Crippen molar-refractivity contribution in [3.63, 3.8) is 0 Å². The predicted molar refractivity (Wildman–Crippen MR) is 114 cm³/mol. The highest BCUT2D eigenvalue weighted by Gasteiger charge is 2.40. The molecule has 3 rings (SSSR count). The quantitative estimate of drug-likeness (QED) is 0.343. The van der Waals surface area contributed by atoms with Gasteiger partial charge in [0.1, 0.15) is 16.7 Å². The number of nitro benzene ring substituents is 1. The van der Waals surface area contributed by atoms with Crippen LogP contribution in [-0.4, -0.2) is 29.0 Å². The second kappa shape index (κ2) is 8.80. The van der Waals surface area contributed by atoms with E-state index in [0.29, 0.717) is 11.3 Å². The van der Waals surface area contributed by atoms with Crippen LogP contribution in [0.5, 0.6) is 0 Å². The van der Waals surface area contributed by atoms with Gasteiger partial charge in [-0.3, -0.25) is 24.6 Å². The maximum atomic E-state index is 13.3. The fourth-order valence-electron chi connectivity index (χ4n) is 3.05. The van der Waals surface area contributed by atoms with Gasteiger partial charge in [-0.25, -0.2) is 0 Å². The van der Waals surface area contributed by atoms with Gasteiger partial charge in [-0.1, -0.05) is 41.6 Å². The molecular formula is C21H18N4O4S. The van der Waals surface area contributed by atoms with Crippen molar-refractivity contribution in [2.24, 2.45) is 0 Å². The summed E-state index contributed by atoms with van der Waals surface area (Å²) in [6.07, 6.45) is 0.226. The normalized spacial score (nSPS) is 17.4. The second-order valence-corrected chi connectivity index (χ2v) is 7.81. The van der Waals surface area contributed by atoms with Gasteiger partial charge in [-0.2, -0.15) is 5.26 Å². The molecule has 2 amide bonds. The number of nitro groups is 1. The number of carbonyl (C=O) groups excluding carboxylic acids is 2. The molecule has 9 heteroatoms. The van der Waals surface area contributed by atoms with Crippen LogP contribution in [0, 0.1) is 28.4 Å². The molecule has 0 radical (unpaired) electrons. The summed E-state index contributed by atoms with van der Waals surface area (Å²) in [5.41, 5.74) is 1.96. The standard InChI is InChI=1S/C21H18N4O4S/c1-13-6-8-15(9-7-13)24-20(27)18(30-21(24)17(12-22)19(26)23-2)11-14-4-3-5-16(10-14)25(28)29/h3-10,18H,11H2,1-2H3,(H,23,26)/b21-17+/t18-/m0/s1. The topological polar surface area (TPSA) is 116 Å². The molecule has 1 aliphatic heterocycles. The lowest BCUT2D eigenvalue weighted by molar-refractivity contribution is -0.384. The van der Waals surface area contributed by atoms with Crippen LogP contribution >= 0.6 is 11.8 Å². The number of aryl methyl sites for hydroxylation is 1. The third kappa shape index (κ3) is 4.18. The third-order valence-corrected chi connectivity index (χ3v) is 5.83. The van der Waals surface area contributed by atoms with Crippen molar-refractivity contribution in [3.05, 3.63) is 80.4 Å². The minimum Gasteiger partial charge on any atom is -0.354 e. The molecule has 1 atom stereocenters. The van der Waals surface area contributed by atoms with Gasteiger partial charge in [0.05, 0.1) is 10.2 Å². The van der Waals surface area contributed by atoms with Gasteiger partial charge in [0.15, 0.2) is 0 Å². The van der Waals surface area contributed by atoms with Gasteiger partial charge in [0, 0.05) is 24.9 Å². The maximum absolute atomic E-state index is 13.3. The van der Waals surface area contributed by atoms with E-state index >= 15 is 0 Å². The largest absolute Gasteiger partial charge is 0.354 e. The van der Waals surface area contributed by atoms with E-state index < -0.39 is 16.1 Å². The number of amides is 2. The van der Waals surface area contributed by atoms with Gasteiger partial charge in [-0.05, 0) is 31.0 Å². The highest BCUT2D eigenvalue weighted by molar-refractivity contribution is 8.05. The fraction of sp³-hybridized carbons (Fsp3) is 0.190. The zero-order valence-electron chi connectivity index (χ0n) is 16.3. The molecule has 30 heavy (non-hydrogen) atoms. The van der Waals surface area contributed by atoms with Crippen LogP contribution in [0.25, 0.3) is 0 Å². The Hall–Kier alpha value is -3.64. The number of non-ortho nitro benzene ring substituents is 1. The molecule has 0 aliphatic carbocycles. The first kappa shape index (κ1) is 21.1. The molecule has 0 bridgehead atoms. The lowest BCUT2D eigenvalue weighted by atomic mass is 10.1. The molecule has 2 aromatic rings. The average molecular weight is 422 g/mol. The summed E-state index contributed by atoms with van der Waals surface area (Å²) in [5, 5.41) is 22.7. The summed E-state index contributed by atoms with van der Waals surface area (Å²) >= 11 is 1.11. The van der Waals surface area contributed by atoms with E-state index in [1.807, 2.05) is 25.1 Å². The number of likely N-dealkylation sites (N-methyl/N-ethyl adjacent to an activating group) is 1. The Kier molecular flexibility index (Phi) is 6.18. The third-order valence-electron chi connectivity index (χ3n) is 4.57. The van der Waals surface area contributed by atoms with Gasteiger partial charge in [-0.15, -0.1) is 0 Å². The van der Waals surface area contributed by atoms with Crippen molar-refractivity contribution in [1.29, 1.82) is 5.26 Å². The SMILES string of the molecule is CNC(=O)/C(C#N)=C1/S[C@@H](Cc2cccc([N+](=O)[O-])c2)C(=O)N1c1ccc(C)cc1. The predicted octanol–water partition coefficient (Wildman–Crippen LogP) is 3.08. The number of anilines is 1. The van der Waals surface area contributed by atoms with Crippen LogP contribution in [0.1, 0.15) is 11.1 Å². The first-order chi connectivity index (χ1) is 14.3. The lowest BCUT2D eigenvalue weighted by Gasteiger charge is -2.18. The monoisotopic (exact) mass is 422 g/mol. The molecule has 2 aromatic carbocycles. The van der Waals surface area contributed by atoms with E-state index in [-0.39, 0.29) is 28.6 Å². The number of carbonyl (C=O) groups is 2. The Balaban J connectivity index is 2.03. The minimum absolute atomic E-state index is 0.0582. The van der Waals surface area contributed by atoms with Crippen molar-refractivity contribution in [2.75, 3.05) is 11.9 Å². The molecule has 0 spiro atoms. The Bertz CT molecular complexity index is 1090. The van der Waals surface area contributed by atoms with Crippen molar-refractivity contribution < 1.29 is 14.5 Å². The number of nitrogens with one attached hydrogen (secondary N) is 1. The Morgan fingerprint density at radius 2 is 2.00 bits per heavy atom. The van der Waals surface area contributed by atoms with E-state index in [4.69, 9.17) is 0 Å². The molecule has 0 saturated carbocycles. The van der Waals surface area contributed by atoms with Crippen molar-refractivity contribution in [2.45, 2.75) is 18.6 Å². The van der Waals surface area contributed by atoms with E-state index in [9.17, 15) is 25.0 Å². The molecule has 152 valence electrons. The minimum atomic E-state index is -0.628. The van der Waals surface area contributed by atoms with E-state index in [1.54, 1.807) is 24.3 Å². The molecule has 1 fully saturated rings. The molecule has 0 unspecified atom stereocenters. The molecule has 0 aromatic heterocycles. The maximum Gasteiger partial charge on any atom is 0.269 e. The Morgan fingerprint density at radius 3 is 2.60 bits per heavy atom. The van der Waals surface area contributed by atoms with E-state index in [1.165, 1.54) is 24.1 Å². The number of benzene rings is 2. The summed E-state index contributed by atoms with van der Waals surface area (Å²) in [5.74, 6) is -0.872. The highest BCUT2D eigenvalue weighted by Crippen LogP contribution is 2.42. The summed E-state index contributed by atoms with van der Waals surface area (Å²) in [6.45, 7) is 1.91. The first-order valence-corrected chi connectivity index (χ1v) is 9.90. The van der Waals surface area contributed by atoms with Gasteiger partial charge in [0.2, 0.25) is 5.91 Å². The molecule has 1 N–H and O–H groups in total. The summed E-state index contributed by atoms with van der Waals surface area (Å²) < 4.78 is 0. The summed E-state index contributed by atoms with van der Waals surface area (Å²) in [4.78, 5) is 37.4. The van der Waals surface area contributed by atoms with Crippen LogP contribution in [0.15, 0.2) is 59.1 Å². The van der Waals surface area contributed by atoms with Gasteiger partial charge in [0.25, 0.3) is 11.6 Å². The van der Waals surface area contributed by atoms with Crippen LogP contribution in [-0.2, 0) is 16.0 Å². The Morgan fingerprint density at radius 1 is 1.30 bits per heavy atom. The van der Waals surface area contributed by atoms with Crippen LogP contribution in [0.4, 0.5) is 11.4 Å². The van der Waals surface area contributed by atoms with Crippen molar-refractivity contribution >= 4 is 35.0 Å². The number of rotatable bonds is 5. The number of nitrogens with zero attached hydrogens (tertiary/aromatic N) is 3. The number of hydrogen-bond acceptors (Lipinski definition) is 6. The van der Waals surface area contributed by atoms with Gasteiger partial charge < -0.3 is 5.32 Å². The molecular weight excluding hydrogens is 404 g/mol. The summed E-state index contributed by atoms with van der Waals surface area (Å²) in [6, 6.07) is 15.2. The van der Waals surface area contributed by atoms with Crippen molar-refractivity contribution in [1.82, 2.24) is 5.32 Å². The zero-order chi connectivity index (χ0) is 21.8. The average Bonchev–Trinajstić information content (AvgIpc) is 3.05. The number of thioether (sulfide) groups is 1. The van der Waals surface area contributed by atoms with Crippen LogP contribution in [0.2, 0.25) is 0 Å². The smallest absolute Gasteiger partial charge is 0.269 e. The van der Waals surface area contributed by atoms with Crippen LogP contribution < -0.4 is 10.2 Å². The van der Waals surface area contributed by atoms with E-state index in [0.717, 1.165) is 17.3 Å². The molecule has 1 heterocycles. The van der Waals surface area contributed by atoms with Crippen molar-refractivity contribution in [3.8, 4) is 6.07 Å². The molecule has 1 aliphatic rings. The molecule has 8 nitrogen and oxygen atoms in total. The van der Waals surface area contributed by atoms with Crippen LogP contribution in [0.3, 0.4) is 0 Å². The lowest BCUT2D eigenvalue weighted by Crippen LogP contribution is -2.31. The first-order valence-electron chi connectivity index (χ1n) is 9.02. The second-order valence-electron chi connectivity index (χ2n) is 6.62. The molecule has 1 saturated heterocycles. The Labute approximate surface area is 177 Å². The number of hydrogen-bond donors (Lipinski definition) is 1.